The molecule has 106 valence electrons. The molecule has 3 heteroatoms. The lowest BCUT2D eigenvalue weighted by Gasteiger charge is -2.37. The van der Waals surface area contributed by atoms with E-state index in [9.17, 15) is 0 Å². The van der Waals surface area contributed by atoms with Crippen LogP contribution in [0.1, 0.15) is 37.8 Å². The van der Waals surface area contributed by atoms with Gasteiger partial charge in [-0.25, -0.2) is 0 Å². The van der Waals surface area contributed by atoms with Crippen LogP contribution < -0.4 is 15.4 Å². The van der Waals surface area contributed by atoms with Gasteiger partial charge in [-0.1, -0.05) is 6.07 Å². The van der Waals surface area contributed by atoms with Gasteiger partial charge in [0, 0.05) is 11.6 Å². The Morgan fingerprint density at radius 3 is 2.68 bits per heavy atom. The zero-order chi connectivity index (χ0) is 14.0. The predicted molar refractivity (Wildman–Crippen MR) is 81.2 cm³/mol. The van der Waals surface area contributed by atoms with Gasteiger partial charge >= 0.3 is 0 Å². The largest absolute Gasteiger partial charge is 0.495 e. The van der Waals surface area contributed by atoms with Gasteiger partial charge in [-0.2, -0.15) is 0 Å². The van der Waals surface area contributed by atoms with E-state index in [1.54, 1.807) is 7.11 Å². The molecule has 2 N–H and O–H groups in total. The molecule has 1 unspecified atom stereocenters. The van der Waals surface area contributed by atoms with Gasteiger partial charge in [0.2, 0.25) is 0 Å². The molecule has 1 fully saturated rings. The first-order valence-electron chi connectivity index (χ1n) is 7.08. The third-order valence-corrected chi connectivity index (χ3v) is 3.87. The summed E-state index contributed by atoms with van der Waals surface area (Å²) in [7, 11) is 1.74. The normalized spacial score (nSPS) is 22.1. The lowest BCUT2D eigenvalue weighted by Crippen LogP contribution is -2.50. The third-order valence-electron chi connectivity index (χ3n) is 3.87. The summed E-state index contributed by atoms with van der Waals surface area (Å²) in [6.07, 6.45) is 2.28. The van der Waals surface area contributed by atoms with Gasteiger partial charge in [-0.3, -0.25) is 0 Å². The molecule has 0 amide bonds. The summed E-state index contributed by atoms with van der Waals surface area (Å²) >= 11 is 0. The van der Waals surface area contributed by atoms with Gasteiger partial charge in [0.15, 0.2) is 0 Å². The number of ether oxygens (including phenoxy) is 1. The third kappa shape index (κ3) is 3.41. The highest BCUT2D eigenvalue weighted by Crippen LogP contribution is 2.32. The van der Waals surface area contributed by atoms with Crippen molar-refractivity contribution in [1.29, 1.82) is 0 Å². The Hall–Kier alpha value is -1.22. The number of benzene rings is 1. The molecule has 2 rings (SSSR count). The minimum absolute atomic E-state index is 0.210. The lowest BCUT2D eigenvalue weighted by atomic mass is 9.89. The first-order chi connectivity index (χ1) is 8.91. The van der Waals surface area contributed by atoms with Gasteiger partial charge in [0.05, 0.1) is 12.8 Å². The van der Waals surface area contributed by atoms with Gasteiger partial charge in [-0.15, -0.1) is 0 Å². The van der Waals surface area contributed by atoms with Crippen LogP contribution in [-0.2, 0) is 0 Å². The van der Waals surface area contributed by atoms with E-state index in [0.29, 0.717) is 6.04 Å². The maximum Gasteiger partial charge on any atom is 0.142 e. The summed E-state index contributed by atoms with van der Waals surface area (Å²) < 4.78 is 5.52. The van der Waals surface area contributed by atoms with Crippen LogP contribution in [0.4, 0.5) is 5.69 Å². The number of hydrogen-bond donors (Lipinski definition) is 2. The fourth-order valence-electron chi connectivity index (χ4n) is 2.98. The molecule has 0 bridgehead atoms. The minimum atomic E-state index is 0.210. The highest BCUT2D eigenvalue weighted by molar-refractivity contribution is 5.63. The van der Waals surface area contributed by atoms with E-state index in [-0.39, 0.29) is 5.54 Å². The van der Waals surface area contributed by atoms with Crippen LogP contribution in [0.3, 0.4) is 0 Å². The summed E-state index contributed by atoms with van der Waals surface area (Å²) in [5.41, 5.74) is 3.86. The molecule has 0 spiro atoms. The van der Waals surface area contributed by atoms with Crippen LogP contribution in [0.2, 0.25) is 0 Å². The van der Waals surface area contributed by atoms with Crippen molar-refractivity contribution in [2.24, 2.45) is 0 Å². The predicted octanol–water partition coefficient (Wildman–Crippen LogP) is 3.25. The number of aryl methyl sites for hydroxylation is 2. The van der Waals surface area contributed by atoms with Crippen LogP contribution in [0, 0.1) is 13.8 Å². The van der Waals surface area contributed by atoms with E-state index < -0.39 is 0 Å². The van der Waals surface area contributed by atoms with Gasteiger partial charge in [0.25, 0.3) is 0 Å². The molecule has 3 nitrogen and oxygen atoms in total. The standard InChI is InChI=1S/C16H26N2O/c1-11-8-12(2)15(14(9-11)19-5)18-13-6-7-17-16(3,4)10-13/h8-9,13,17-18H,6-7,10H2,1-5H3. The molecule has 1 atom stereocenters. The fourth-order valence-corrected chi connectivity index (χ4v) is 2.98. The maximum absolute atomic E-state index is 5.52. The molecule has 0 aromatic heterocycles. The minimum Gasteiger partial charge on any atom is -0.495 e. The second-order valence-corrected chi connectivity index (χ2v) is 6.30. The van der Waals surface area contributed by atoms with Gasteiger partial charge in [-0.05, 0) is 64.3 Å². The Kier molecular flexibility index (Phi) is 4.04. The fraction of sp³-hybridized carbons (Fsp3) is 0.625. The van der Waals surface area contributed by atoms with Crippen LogP contribution in [0.5, 0.6) is 5.75 Å². The molecular formula is C16H26N2O. The Morgan fingerprint density at radius 2 is 2.05 bits per heavy atom. The molecule has 1 aliphatic heterocycles. The number of rotatable bonds is 3. The Bertz CT molecular complexity index is 454. The number of piperidine rings is 1. The molecule has 1 heterocycles. The van der Waals surface area contributed by atoms with E-state index >= 15 is 0 Å². The van der Waals surface area contributed by atoms with Gasteiger partial charge < -0.3 is 15.4 Å². The maximum atomic E-state index is 5.52. The van der Waals surface area contributed by atoms with E-state index in [4.69, 9.17) is 4.74 Å². The van der Waals surface area contributed by atoms with Crippen molar-refractivity contribution >= 4 is 5.69 Å². The molecular weight excluding hydrogens is 236 g/mol. The van der Waals surface area contributed by atoms with Crippen molar-refractivity contribution in [2.45, 2.75) is 52.1 Å². The van der Waals surface area contributed by atoms with Crippen LogP contribution in [-0.4, -0.2) is 25.2 Å². The Morgan fingerprint density at radius 1 is 1.32 bits per heavy atom. The van der Waals surface area contributed by atoms with Gasteiger partial charge in [0.1, 0.15) is 5.75 Å². The van der Waals surface area contributed by atoms with Crippen molar-refractivity contribution in [3.05, 3.63) is 23.3 Å². The summed E-state index contributed by atoms with van der Waals surface area (Å²) in [4.78, 5) is 0. The summed E-state index contributed by atoms with van der Waals surface area (Å²) in [5.74, 6) is 0.953. The molecule has 1 aromatic rings. The SMILES string of the molecule is COc1cc(C)cc(C)c1NC1CCNC(C)(C)C1. The van der Waals surface area contributed by atoms with E-state index in [1.807, 2.05) is 0 Å². The first kappa shape index (κ1) is 14.2. The zero-order valence-corrected chi connectivity index (χ0v) is 12.8. The van der Waals surface area contributed by atoms with E-state index in [1.165, 1.54) is 11.1 Å². The average molecular weight is 262 g/mol. The molecule has 1 aliphatic rings. The van der Waals surface area contributed by atoms with E-state index in [2.05, 4.69) is 50.5 Å². The molecule has 19 heavy (non-hydrogen) atoms. The number of hydrogen-bond acceptors (Lipinski definition) is 3. The summed E-state index contributed by atoms with van der Waals surface area (Å²) in [6, 6.07) is 4.81. The number of anilines is 1. The van der Waals surface area contributed by atoms with Crippen molar-refractivity contribution in [1.82, 2.24) is 5.32 Å². The van der Waals surface area contributed by atoms with Crippen LogP contribution >= 0.6 is 0 Å². The van der Waals surface area contributed by atoms with Crippen molar-refractivity contribution in [2.75, 3.05) is 19.0 Å². The first-order valence-corrected chi connectivity index (χ1v) is 7.08. The molecule has 0 saturated carbocycles. The highest BCUT2D eigenvalue weighted by atomic mass is 16.5. The molecule has 1 aromatic carbocycles. The smallest absolute Gasteiger partial charge is 0.142 e. The second-order valence-electron chi connectivity index (χ2n) is 6.30. The lowest BCUT2D eigenvalue weighted by molar-refractivity contribution is 0.286. The Balaban J connectivity index is 2.19. The average Bonchev–Trinajstić information content (AvgIpc) is 2.31. The van der Waals surface area contributed by atoms with Crippen LogP contribution in [0.25, 0.3) is 0 Å². The molecule has 0 radical (unpaired) electrons. The number of methoxy groups -OCH3 is 1. The molecule has 0 aliphatic carbocycles. The molecule has 1 saturated heterocycles. The topological polar surface area (TPSA) is 33.3 Å². The zero-order valence-electron chi connectivity index (χ0n) is 12.8. The van der Waals surface area contributed by atoms with Crippen molar-refractivity contribution in [3.63, 3.8) is 0 Å². The monoisotopic (exact) mass is 262 g/mol. The summed E-state index contributed by atoms with van der Waals surface area (Å²) in [5, 5.41) is 7.24. The highest BCUT2D eigenvalue weighted by Gasteiger charge is 2.28. The van der Waals surface area contributed by atoms with Crippen molar-refractivity contribution < 1.29 is 4.74 Å². The quantitative estimate of drug-likeness (QED) is 0.877. The van der Waals surface area contributed by atoms with Crippen LogP contribution in [0.15, 0.2) is 12.1 Å². The Labute approximate surface area is 116 Å². The van der Waals surface area contributed by atoms with E-state index in [0.717, 1.165) is 30.8 Å². The van der Waals surface area contributed by atoms with Crippen molar-refractivity contribution in [3.8, 4) is 5.75 Å². The summed E-state index contributed by atoms with van der Waals surface area (Å²) in [6.45, 7) is 9.84. The number of nitrogens with one attached hydrogen (secondary N) is 2. The second kappa shape index (κ2) is 5.41.